The number of amides is 1. The first-order chi connectivity index (χ1) is 9.81. The topological polar surface area (TPSA) is 55.4 Å². The average molecular weight is 312 g/mol. The van der Waals surface area contributed by atoms with Crippen molar-refractivity contribution in [2.75, 3.05) is 5.32 Å². The Labute approximate surface area is 130 Å². The van der Waals surface area contributed by atoms with Gasteiger partial charge >= 0.3 is 5.97 Å². The molecule has 4 nitrogen and oxygen atoms in total. The molecule has 0 radical (unpaired) electrons. The first-order valence-corrected chi connectivity index (χ1v) is 7.44. The van der Waals surface area contributed by atoms with Gasteiger partial charge in [0.05, 0.1) is 0 Å². The molecule has 0 fully saturated rings. The van der Waals surface area contributed by atoms with Crippen LogP contribution in [0.15, 0.2) is 18.2 Å². The van der Waals surface area contributed by atoms with Gasteiger partial charge in [-0.15, -0.1) is 0 Å². The van der Waals surface area contributed by atoms with Gasteiger partial charge in [0.2, 0.25) is 0 Å². The number of hydrogen-bond donors (Lipinski definition) is 1. The Hall–Kier alpha value is -1.55. The number of carbonyl (C=O) groups is 2. The van der Waals surface area contributed by atoms with Crippen molar-refractivity contribution in [1.82, 2.24) is 0 Å². The molecule has 1 atom stereocenters. The number of rotatable bonds is 6. The highest BCUT2D eigenvalue weighted by Crippen LogP contribution is 2.23. The standard InChI is InChI=1S/C16H22ClNO3/c1-10(2)8-9-15(19)21-12(4)16(20)18-14-7-5-6-13(17)11(14)3/h5-7,10,12H,8-9H2,1-4H3,(H,18,20)/t12-/m1/s1. The summed E-state index contributed by atoms with van der Waals surface area (Å²) in [5, 5.41) is 3.30. The number of benzene rings is 1. The van der Waals surface area contributed by atoms with Crippen LogP contribution in [0.2, 0.25) is 5.02 Å². The van der Waals surface area contributed by atoms with E-state index < -0.39 is 6.10 Å². The monoisotopic (exact) mass is 311 g/mol. The van der Waals surface area contributed by atoms with Crippen LogP contribution in [0.3, 0.4) is 0 Å². The fourth-order valence-electron chi connectivity index (χ4n) is 1.69. The van der Waals surface area contributed by atoms with Gasteiger partial charge < -0.3 is 10.1 Å². The molecule has 0 bridgehead atoms. The van der Waals surface area contributed by atoms with Gasteiger partial charge in [0.25, 0.3) is 5.91 Å². The fourth-order valence-corrected chi connectivity index (χ4v) is 1.87. The Morgan fingerprint density at radius 3 is 2.57 bits per heavy atom. The van der Waals surface area contributed by atoms with E-state index >= 15 is 0 Å². The molecule has 1 amide bonds. The summed E-state index contributed by atoms with van der Waals surface area (Å²) in [7, 11) is 0. The zero-order valence-corrected chi connectivity index (χ0v) is 13.7. The van der Waals surface area contributed by atoms with Gasteiger partial charge in [-0.05, 0) is 43.9 Å². The van der Waals surface area contributed by atoms with E-state index in [9.17, 15) is 9.59 Å². The van der Waals surface area contributed by atoms with Gasteiger partial charge in [-0.3, -0.25) is 9.59 Å². The van der Waals surface area contributed by atoms with E-state index in [0.29, 0.717) is 23.0 Å². The quantitative estimate of drug-likeness (QED) is 0.809. The predicted octanol–water partition coefficient (Wildman–Crippen LogP) is 3.95. The molecule has 1 aromatic rings. The minimum Gasteiger partial charge on any atom is -0.453 e. The van der Waals surface area contributed by atoms with Crippen molar-refractivity contribution in [1.29, 1.82) is 0 Å². The Morgan fingerprint density at radius 1 is 1.29 bits per heavy atom. The van der Waals surface area contributed by atoms with Gasteiger partial charge in [0.1, 0.15) is 0 Å². The summed E-state index contributed by atoms with van der Waals surface area (Å²) >= 11 is 6.00. The van der Waals surface area contributed by atoms with Gasteiger partial charge in [-0.1, -0.05) is 31.5 Å². The van der Waals surface area contributed by atoms with E-state index in [1.165, 1.54) is 0 Å². The highest BCUT2D eigenvalue weighted by Gasteiger charge is 2.18. The summed E-state index contributed by atoms with van der Waals surface area (Å²) in [5.41, 5.74) is 1.41. The van der Waals surface area contributed by atoms with Crippen LogP contribution in [0.1, 0.15) is 39.2 Å². The van der Waals surface area contributed by atoms with Crippen molar-refractivity contribution in [3.05, 3.63) is 28.8 Å². The van der Waals surface area contributed by atoms with Crippen molar-refractivity contribution >= 4 is 29.2 Å². The third-order valence-corrected chi connectivity index (χ3v) is 3.54. The lowest BCUT2D eigenvalue weighted by Gasteiger charge is -2.15. The molecule has 0 saturated heterocycles. The van der Waals surface area contributed by atoms with Crippen LogP contribution < -0.4 is 5.32 Å². The third kappa shape index (κ3) is 5.76. The molecule has 21 heavy (non-hydrogen) atoms. The fraction of sp³-hybridized carbons (Fsp3) is 0.500. The maximum absolute atomic E-state index is 12.0. The Morgan fingerprint density at radius 2 is 1.95 bits per heavy atom. The highest BCUT2D eigenvalue weighted by atomic mass is 35.5. The minimum atomic E-state index is -0.831. The van der Waals surface area contributed by atoms with E-state index in [2.05, 4.69) is 5.32 Å². The number of anilines is 1. The smallest absolute Gasteiger partial charge is 0.306 e. The summed E-state index contributed by atoms with van der Waals surface area (Å²) in [6.07, 6.45) is 0.245. The van der Waals surface area contributed by atoms with Crippen LogP contribution in [0.4, 0.5) is 5.69 Å². The molecule has 116 valence electrons. The van der Waals surface area contributed by atoms with Gasteiger partial charge in [-0.2, -0.15) is 0 Å². The second kappa shape index (κ2) is 8.03. The molecule has 0 aliphatic heterocycles. The number of hydrogen-bond acceptors (Lipinski definition) is 3. The van der Waals surface area contributed by atoms with E-state index in [1.54, 1.807) is 25.1 Å². The summed E-state index contributed by atoms with van der Waals surface area (Å²) < 4.78 is 5.12. The maximum atomic E-state index is 12.0. The first-order valence-electron chi connectivity index (χ1n) is 7.06. The SMILES string of the molecule is Cc1c(Cl)cccc1NC(=O)[C@@H](C)OC(=O)CCC(C)C. The number of carbonyl (C=O) groups excluding carboxylic acids is 2. The number of nitrogens with one attached hydrogen (secondary N) is 1. The molecule has 0 heterocycles. The molecule has 0 saturated carbocycles. The van der Waals surface area contributed by atoms with Gasteiger partial charge in [0.15, 0.2) is 6.10 Å². The minimum absolute atomic E-state index is 0.325. The average Bonchev–Trinajstić information content (AvgIpc) is 2.41. The molecule has 1 aromatic carbocycles. The normalized spacial score (nSPS) is 12.1. The largest absolute Gasteiger partial charge is 0.453 e. The number of halogens is 1. The van der Waals surface area contributed by atoms with Gasteiger partial charge in [0, 0.05) is 17.1 Å². The second-order valence-corrected chi connectivity index (χ2v) is 5.87. The lowest BCUT2D eigenvalue weighted by Crippen LogP contribution is -2.30. The van der Waals surface area contributed by atoms with Crippen LogP contribution in [-0.4, -0.2) is 18.0 Å². The molecule has 0 unspecified atom stereocenters. The molecular formula is C16H22ClNO3. The summed E-state index contributed by atoms with van der Waals surface area (Å²) in [5.74, 6) is -0.289. The Kier molecular flexibility index (Phi) is 6.69. The molecule has 0 aliphatic rings. The van der Waals surface area contributed by atoms with Crippen LogP contribution in [0.25, 0.3) is 0 Å². The van der Waals surface area contributed by atoms with E-state index in [1.807, 2.05) is 20.8 Å². The third-order valence-electron chi connectivity index (χ3n) is 3.13. The summed E-state index contributed by atoms with van der Waals surface area (Å²) in [6.45, 7) is 7.44. The molecular weight excluding hydrogens is 290 g/mol. The van der Waals surface area contributed by atoms with Crippen molar-refractivity contribution in [2.24, 2.45) is 5.92 Å². The highest BCUT2D eigenvalue weighted by molar-refractivity contribution is 6.31. The van der Waals surface area contributed by atoms with Crippen molar-refractivity contribution < 1.29 is 14.3 Å². The Bertz CT molecular complexity index is 514. The summed E-state index contributed by atoms with van der Waals surface area (Å²) in [4.78, 5) is 23.6. The van der Waals surface area contributed by atoms with Gasteiger partial charge in [-0.25, -0.2) is 0 Å². The maximum Gasteiger partial charge on any atom is 0.306 e. The van der Waals surface area contributed by atoms with Crippen LogP contribution in [-0.2, 0) is 14.3 Å². The Balaban J connectivity index is 2.55. The van der Waals surface area contributed by atoms with Crippen molar-refractivity contribution in [2.45, 2.75) is 46.6 Å². The summed E-state index contributed by atoms with van der Waals surface area (Å²) in [6, 6.07) is 5.26. The molecule has 0 aromatic heterocycles. The molecule has 1 rings (SSSR count). The zero-order valence-electron chi connectivity index (χ0n) is 12.9. The van der Waals surface area contributed by atoms with E-state index in [-0.39, 0.29) is 11.9 Å². The number of ether oxygens (including phenoxy) is 1. The van der Waals surface area contributed by atoms with Crippen LogP contribution in [0.5, 0.6) is 0 Å². The van der Waals surface area contributed by atoms with Crippen LogP contribution in [0, 0.1) is 12.8 Å². The van der Waals surface area contributed by atoms with E-state index in [4.69, 9.17) is 16.3 Å². The predicted molar refractivity (Wildman–Crippen MR) is 84.4 cm³/mol. The van der Waals surface area contributed by atoms with Crippen molar-refractivity contribution in [3.63, 3.8) is 0 Å². The van der Waals surface area contributed by atoms with E-state index in [0.717, 1.165) is 12.0 Å². The number of esters is 1. The molecule has 5 heteroatoms. The van der Waals surface area contributed by atoms with Crippen LogP contribution >= 0.6 is 11.6 Å². The van der Waals surface area contributed by atoms with Crippen molar-refractivity contribution in [3.8, 4) is 0 Å². The lowest BCUT2D eigenvalue weighted by molar-refractivity contribution is -0.153. The first kappa shape index (κ1) is 17.5. The zero-order chi connectivity index (χ0) is 16.0. The second-order valence-electron chi connectivity index (χ2n) is 5.47. The molecule has 0 spiro atoms. The molecule has 1 N–H and O–H groups in total. The molecule has 0 aliphatic carbocycles. The lowest BCUT2D eigenvalue weighted by atomic mass is 10.1.